The van der Waals surface area contributed by atoms with Crippen LogP contribution >= 0.6 is 11.8 Å². The maximum absolute atomic E-state index is 13.1. The van der Waals surface area contributed by atoms with Gasteiger partial charge in [-0.2, -0.15) is 0 Å². The third-order valence-electron chi connectivity index (χ3n) is 4.80. The number of amidine groups is 1. The van der Waals surface area contributed by atoms with Gasteiger partial charge >= 0.3 is 0 Å². The van der Waals surface area contributed by atoms with Gasteiger partial charge in [-0.1, -0.05) is 17.8 Å². The number of amides is 2. The lowest BCUT2D eigenvalue weighted by Crippen LogP contribution is -2.38. The molecule has 0 aromatic heterocycles. The molecule has 1 heterocycles. The maximum Gasteiger partial charge on any atom is 0.271 e. The zero-order valence-corrected chi connectivity index (χ0v) is 19.4. The highest BCUT2D eigenvalue weighted by Gasteiger charge is 2.39. The highest BCUT2D eigenvalue weighted by molar-refractivity contribution is 8.15. The van der Waals surface area contributed by atoms with Crippen LogP contribution in [0, 0.1) is 10.1 Å². The standard InChI is InChI=1S/C22H25N5O5S/c1-25(2)11-12-26-21(29)19(33-22(26)24-15-7-9-18(32-3)10-8-15)14-20(28)23-16-5-4-6-17(13-16)27(30)31/h4-10,13,19H,11-12,14H2,1-3H3,(H,23,28)/t19-/m1/s1. The van der Waals surface area contributed by atoms with E-state index in [-0.39, 0.29) is 18.0 Å². The summed E-state index contributed by atoms with van der Waals surface area (Å²) in [6.45, 7) is 1.08. The molecule has 10 nitrogen and oxygen atoms in total. The smallest absolute Gasteiger partial charge is 0.271 e. The summed E-state index contributed by atoms with van der Waals surface area (Å²) in [5.74, 6) is 0.108. The second kappa shape index (κ2) is 10.9. The summed E-state index contributed by atoms with van der Waals surface area (Å²) < 4.78 is 5.17. The van der Waals surface area contributed by atoms with Gasteiger partial charge in [0.1, 0.15) is 11.0 Å². The Balaban J connectivity index is 1.74. The Hall–Kier alpha value is -3.44. The van der Waals surface area contributed by atoms with Crippen molar-refractivity contribution in [3.8, 4) is 5.75 Å². The van der Waals surface area contributed by atoms with E-state index in [0.29, 0.717) is 35.4 Å². The molecule has 33 heavy (non-hydrogen) atoms. The van der Waals surface area contributed by atoms with Gasteiger partial charge in [-0.05, 0) is 44.4 Å². The summed E-state index contributed by atoms with van der Waals surface area (Å²) in [6, 6.07) is 12.8. The van der Waals surface area contributed by atoms with Crippen LogP contribution in [0.3, 0.4) is 0 Å². The summed E-state index contributed by atoms with van der Waals surface area (Å²) in [5, 5.41) is 13.5. The van der Waals surface area contributed by atoms with Crippen molar-refractivity contribution in [1.29, 1.82) is 0 Å². The predicted octanol–water partition coefficient (Wildman–Crippen LogP) is 3.13. The molecule has 1 fully saturated rings. The topological polar surface area (TPSA) is 117 Å². The second-order valence-electron chi connectivity index (χ2n) is 7.55. The van der Waals surface area contributed by atoms with Crippen LogP contribution in [0.5, 0.6) is 5.75 Å². The van der Waals surface area contributed by atoms with Gasteiger partial charge in [0.2, 0.25) is 11.8 Å². The number of carbonyl (C=O) groups is 2. The van der Waals surface area contributed by atoms with Crippen LogP contribution in [0.25, 0.3) is 0 Å². The van der Waals surface area contributed by atoms with Crippen molar-refractivity contribution in [1.82, 2.24) is 9.80 Å². The number of rotatable bonds is 9. The van der Waals surface area contributed by atoms with Crippen LogP contribution < -0.4 is 10.1 Å². The van der Waals surface area contributed by atoms with Gasteiger partial charge in [0, 0.05) is 37.3 Å². The van der Waals surface area contributed by atoms with Gasteiger partial charge in [-0.25, -0.2) is 4.99 Å². The van der Waals surface area contributed by atoms with Gasteiger partial charge in [0.25, 0.3) is 5.69 Å². The molecule has 11 heteroatoms. The molecule has 2 amide bonds. The number of nitrogens with one attached hydrogen (secondary N) is 1. The molecule has 1 aliphatic heterocycles. The van der Waals surface area contributed by atoms with Crippen molar-refractivity contribution in [2.24, 2.45) is 4.99 Å². The molecule has 0 saturated carbocycles. The summed E-state index contributed by atoms with van der Waals surface area (Å²) in [7, 11) is 5.41. The molecule has 0 spiro atoms. The van der Waals surface area contributed by atoms with Crippen molar-refractivity contribution in [2.45, 2.75) is 11.7 Å². The third kappa shape index (κ3) is 6.53. The number of nitro benzene ring substituents is 1. The highest BCUT2D eigenvalue weighted by atomic mass is 32.2. The molecule has 0 aliphatic carbocycles. The van der Waals surface area contributed by atoms with Crippen LogP contribution in [0.1, 0.15) is 6.42 Å². The molecule has 0 unspecified atom stereocenters. The number of carbonyl (C=O) groups excluding carboxylic acids is 2. The summed E-state index contributed by atoms with van der Waals surface area (Å²) >= 11 is 1.24. The molecule has 1 atom stereocenters. The molecule has 1 aliphatic rings. The number of non-ortho nitro benzene ring substituents is 1. The number of aliphatic imine (C=N–C) groups is 1. The number of ether oxygens (including phenoxy) is 1. The zero-order valence-electron chi connectivity index (χ0n) is 18.6. The lowest BCUT2D eigenvalue weighted by molar-refractivity contribution is -0.384. The van der Waals surface area contributed by atoms with Gasteiger partial charge in [-0.3, -0.25) is 24.6 Å². The molecule has 3 rings (SSSR count). The minimum absolute atomic E-state index is 0.0771. The maximum atomic E-state index is 13.1. The SMILES string of the molecule is COc1ccc(N=C2S[C@H](CC(=O)Nc3cccc([N+](=O)[O-])c3)C(=O)N2CCN(C)C)cc1. The number of likely N-dealkylation sites (N-methyl/N-ethyl adjacent to an activating group) is 1. The zero-order chi connectivity index (χ0) is 24.0. The van der Waals surface area contributed by atoms with Gasteiger partial charge in [0.15, 0.2) is 5.17 Å². The van der Waals surface area contributed by atoms with Crippen molar-refractivity contribution >= 4 is 45.8 Å². The fourth-order valence-electron chi connectivity index (χ4n) is 3.08. The molecule has 1 saturated heterocycles. The molecular formula is C22H25N5O5S. The van der Waals surface area contributed by atoms with Crippen molar-refractivity contribution in [2.75, 3.05) is 39.6 Å². The highest BCUT2D eigenvalue weighted by Crippen LogP contribution is 2.32. The first-order valence-corrected chi connectivity index (χ1v) is 11.0. The normalized spacial score (nSPS) is 17.0. The Kier molecular flexibility index (Phi) is 8.01. The molecule has 1 N–H and O–H groups in total. The Morgan fingerprint density at radius 2 is 2.00 bits per heavy atom. The third-order valence-corrected chi connectivity index (χ3v) is 5.97. The minimum Gasteiger partial charge on any atom is -0.497 e. The summed E-state index contributed by atoms with van der Waals surface area (Å²) in [6.07, 6.45) is -0.0771. The average Bonchev–Trinajstić information content (AvgIpc) is 3.06. The molecule has 174 valence electrons. The molecule has 2 aromatic rings. The Morgan fingerprint density at radius 3 is 2.64 bits per heavy atom. The quantitative estimate of drug-likeness (QED) is 0.441. The van der Waals surface area contributed by atoms with E-state index >= 15 is 0 Å². The fourth-order valence-corrected chi connectivity index (χ4v) is 4.26. The van der Waals surface area contributed by atoms with E-state index in [9.17, 15) is 19.7 Å². The largest absolute Gasteiger partial charge is 0.497 e. The number of hydrogen-bond donors (Lipinski definition) is 1. The number of methoxy groups -OCH3 is 1. The van der Waals surface area contributed by atoms with Crippen LogP contribution in [0.2, 0.25) is 0 Å². The summed E-state index contributed by atoms with van der Waals surface area (Å²) in [5.41, 5.74) is 0.853. The predicted molar refractivity (Wildman–Crippen MR) is 128 cm³/mol. The number of nitrogens with zero attached hydrogens (tertiary/aromatic N) is 4. The molecule has 2 aromatic carbocycles. The van der Waals surface area contributed by atoms with E-state index in [1.165, 1.54) is 30.0 Å². The van der Waals surface area contributed by atoms with E-state index < -0.39 is 16.1 Å². The van der Waals surface area contributed by atoms with Crippen LogP contribution in [0.4, 0.5) is 17.1 Å². The number of thioether (sulfide) groups is 1. The molecular weight excluding hydrogens is 446 g/mol. The first-order chi connectivity index (χ1) is 15.8. The molecule has 0 radical (unpaired) electrons. The van der Waals surface area contributed by atoms with E-state index in [1.807, 2.05) is 19.0 Å². The monoisotopic (exact) mass is 471 g/mol. The van der Waals surface area contributed by atoms with Gasteiger partial charge in [0.05, 0.1) is 17.7 Å². The number of benzene rings is 2. The lowest BCUT2D eigenvalue weighted by atomic mass is 10.2. The van der Waals surface area contributed by atoms with E-state index in [4.69, 9.17) is 4.74 Å². The summed E-state index contributed by atoms with van der Waals surface area (Å²) in [4.78, 5) is 44.2. The Bertz CT molecular complexity index is 1060. The van der Waals surface area contributed by atoms with E-state index in [2.05, 4.69) is 10.3 Å². The van der Waals surface area contributed by atoms with Crippen LogP contribution in [-0.2, 0) is 9.59 Å². The Morgan fingerprint density at radius 1 is 1.27 bits per heavy atom. The van der Waals surface area contributed by atoms with Gasteiger partial charge in [-0.15, -0.1) is 0 Å². The minimum atomic E-state index is -0.636. The Labute approximate surface area is 195 Å². The van der Waals surface area contributed by atoms with Crippen molar-refractivity contribution < 1.29 is 19.2 Å². The van der Waals surface area contributed by atoms with E-state index in [0.717, 1.165) is 0 Å². The number of hydrogen-bond acceptors (Lipinski definition) is 8. The number of anilines is 1. The van der Waals surface area contributed by atoms with Crippen LogP contribution in [0.15, 0.2) is 53.5 Å². The fraction of sp³-hybridized carbons (Fsp3) is 0.318. The van der Waals surface area contributed by atoms with Crippen LogP contribution in [-0.4, -0.2) is 71.2 Å². The van der Waals surface area contributed by atoms with Crippen molar-refractivity contribution in [3.63, 3.8) is 0 Å². The second-order valence-corrected chi connectivity index (χ2v) is 8.72. The first-order valence-electron chi connectivity index (χ1n) is 10.2. The average molecular weight is 472 g/mol. The number of nitro groups is 1. The van der Waals surface area contributed by atoms with Gasteiger partial charge < -0.3 is 15.0 Å². The van der Waals surface area contributed by atoms with Crippen molar-refractivity contribution in [3.05, 3.63) is 58.6 Å². The lowest BCUT2D eigenvalue weighted by Gasteiger charge is -2.19. The molecule has 0 bridgehead atoms. The van der Waals surface area contributed by atoms with E-state index in [1.54, 1.807) is 42.3 Å². The first kappa shape index (κ1) is 24.2.